The molecule has 37 heavy (non-hydrogen) atoms. The van der Waals surface area contributed by atoms with E-state index in [1.807, 2.05) is 55.5 Å². The van der Waals surface area contributed by atoms with Crippen LogP contribution in [0.5, 0.6) is 0 Å². The Balaban J connectivity index is 1.78. The minimum absolute atomic E-state index is 0.169. The van der Waals surface area contributed by atoms with Gasteiger partial charge in [-0.2, -0.15) is 0 Å². The van der Waals surface area contributed by atoms with Gasteiger partial charge in [0.15, 0.2) is 0 Å². The van der Waals surface area contributed by atoms with Crippen LogP contribution in [0.4, 0.5) is 10.1 Å². The van der Waals surface area contributed by atoms with E-state index in [1.165, 1.54) is 15.6 Å². The molecule has 4 aromatic rings. The van der Waals surface area contributed by atoms with E-state index in [0.717, 1.165) is 12.0 Å². The van der Waals surface area contributed by atoms with E-state index in [2.05, 4.69) is 29.5 Å². The Labute approximate surface area is 216 Å². The molecule has 8 heteroatoms. The van der Waals surface area contributed by atoms with Gasteiger partial charge in [0.25, 0.3) is 0 Å². The number of aromatic nitrogens is 3. The summed E-state index contributed by atoms with van der Waals surface area (Å²) >= 11 is 0. The highest BCUT2D eigenvalue weighted by molar-refractivity contribution is 6.01. The lowest BCUT2D eigenvalue weighted by molar-refractivity contribution is -0.127. The molecule has 1 heterocycles. The summed E-state index contributed by atoms with van der Waals surface area (Å²) < 4.78 is 16.2. The average Bonchev–Trinajstić information content (AvgIpc) is 3.27. The predicted molar refractivity (Wildman–Crippen MR) is 143 cm³/mol. The summed E-state index contributed by atoms with van der Waals surface area (Å²) in [5, 5.41) is 11.3. The van der Waals surface area contributed by atoms with Gasteiger partial charge in [-0.3, -0.25) is 14.5 Å². The fraction of sp³-hybridized carbons (Fsp3) is 0.310. The van der Waals surface area contributed by atoms with E-state index in [0.29, 0.717) is 40.3 Å². The zero-order chi connectivity index (χ0) is 26.5. The predicted octanol–water partition coefficient (Wildman–Crippen LogP) is 5.12. The SMILES string of the molecule is Cc1ccc(C(C(=O)NCCC(C)C)N(C(=O)Cn2nnc3ccccc32)c2ccc(C)c(F)c2)cc1. The maximum atomic E-state index is 14.7. The first-order valence-corrected chi connectivity index (χ1v) is 12.5. The van der Waals surface area contributed by atoms with Gasteiger partial charge in [-0.15, -0.1) is 5.10 Å². The number of amides is 2. The lowest BCUT2D eigenvalue weighted by atomic mass is 10.0. The number of para-hydroxylation sites is 1. The molecule has 0 radical (unpaired) electrons. The number of hydrogen-bond acceptors (Lipinski definition) is 4. The van der Waals surface area contributed by atoms with E-state index in [-0.39, 0.29) is 12.5 Å². The van der Waals surface area contributed by atoms with Crippen molar-refractivity contribution in [3.05, 3.63) is 89.2 Å². The summed E-state index contributed by atoms with van der Waals surface area (Å²) in [5.41, 5.74) is 3.75. The highest BCUT2D eigenvalue weighted by Crippen LogP contribution is 2.30. The van der Waals surface area contributed by atoms with Crippen LogP contribution >= 0.6 is 0 Å². The first-order chi connectivity index (χ1) is 17.7. The van der Waals surface area contributed by atoms with Crippen molar-refractivity contribution >= 4 is 28.5 Å². The number of carbonyl (C=O) groups excluding carboxylic acids is 2. The summed E-state index contributed by atoms with van der Waals surface area (Å²) in [6, 6.07) is 18.4. The molecule has 3 aromatic carbocycles. The molecule has 0 aliphatic carbocycles. The summed E-state index contributed by atoms with van der Waals surface area (Å²) in [5.74, 6) is -0.794. The fourth-order valence-electron chi connectivity index (χ4n) is 4.15. The Kier molecular flexibility index (Phi) is 7.96. The van der Waals surface area contributed by atoms with Crippen molar-refractivity contribution in [2.45, 2.75) is 46.7 Å². The zero-order valence-corrected chi connectivity index (χ0v) is 21.6. The second kappa shape index (κ2) is 11.3. The standard InChI is InChI=1S/C29H32FN5O2/c1-19(2)15-16-31-29(37)28(22-12-9-20(3)10-13-22)35(23-14-11-21(4)24(30)17-23)27(36)18-34-26-8-6-5-7-25(26)32-33-34/h5-14,17,19,28H,15-16,18H2,1-4H3,(H,31,37). The summed E-state index contributed by atoms with van der Waals surface area (Å²) in [7, 11) is 0. The largest absolute Gasteiger partial charge is 0.354 e. The van der Waals surface area contributed by atoms with Crippen molar-refractivity contribution in [1.29, 1.82) is 0 Å². The molecular weight excluding hydrogens is 469 g/mol. The summed E-state index contributed by atoms with van der Waals surface area (Å²) in [6.07, 6.45) is 0.796. The number of aryl methyl sites for hydroxylation is 2. The molecule has 1 atom stereocenters. The molecule has 0 fully saturated rings. The molecule has 192 valence electrons. The summed E-state index contributed by atoms with van der Waals surface area (Å²) in [6.45, 7) is 8.07. The van der Waals surface area contributed by atoms with Crippen LogP contribution < -0.4 is 10.2 Å². The number of rotatable bonds is 9. The quantitative estimate of drug-likeness (QED) is 0.345. The molecule has 1 N–H and O–H groups in total. The number of halogens is 1. The van der Waals surface area contributed by atoms with Gasteiger partial charge in [0, 0.05) is 12.2 Å². The number of carbonyl (C=O) groups is 2. The first kappa shape index (κ1) is 26.0. The smallest absolute Gasteiger partial charge is 0.249 e. The van der Waals surface area contributed by atoms with Gasteiger partial charge in [-0.25, -0.2) is 9.07 Å². The molecule has 0 spiro atoms. The maximum absolute atomic E-state index is 14.7. The van der Waals surface area contributed by atoms with Crippen LogP contribution in [0.1, 0.15) is 43.0 Å². The van der Waals surface area contributed by atoms with Gasteiger partial charge >= 0.3 is 0 Å². The Morgan fingerprint density at radius 2 is 1.76 bits per heavy atom. The number of fused-ring (bicyclic) bond motifs is 1. The summed E-state index contributed by atoms with van der Waals surface area (Å²) in [4.78, 5) is 29.0. The third kappa shape index (κ3) is 6.02. The normalized spacial score (nSPS) is 12.1. The van der Waals surface area contributed by atoms with Crippen LogP contribution in [0.25, 0.3) is 11.0 Å². The molecule has 4 rings (SSSR count). The Morgan fingerprint density at radius 1 is 1.03 bits per heavy atom. The van der Waals surface area contributed by atoms with E-state index in [9.17, 15) is 14.0 Å². The molecule has 2 amide bonds. The monoisotopic (exact) mass is 501 g/mol. The first-order valence-electron chi connectivity index (χ1n) is 12.5. The Morgan fingerprint density at radius 3 is 2.46 bits per heavy atom. The van der Waals surface area contributed by atoms with Gasteiger partial charge in [0.1, 0.15) is 23.9 Å². The number of hydrogen-bond donors (Lipinski definition) is 1. The second-order valence-electron chi connectivity index (χ2n) is 9.72. The van der Waals surface area contributed by atoms with Crippen LogP contribution in [0, 0.1) is 25.6 Å². The minimum atomic E-state index is -1.00. The molecule has 1 aromatic heterocycles. The third-order valence-electron chi connectivity index (χ3n) is 6.33. The number of nitrogens with one attached hydrogen (secondary N) is 1. The molecule has 1 unspecified atom stereocenters. The third-order valence-corrected chi connectivity index (χ3v) is 6.33. The molecular formula is C29H32FN5O2. The lowest BCUT2D eigenvalue weighted by Crippen LogP contribution is -2.45. The van der Waals surface area contributed by atoms with E-state index < -0.39 is 17.8 Å². The van der Waals surface area contributed by atoms with Crippen LogP contribution in [0.3, 0.4) is 0 Å². The van der Waals surface area contributed by atoms with Gasteiger partial charge in [0.2, 0.25) is 11.8 Å². The second-order valence-corrected chi connectivity index (χ2v) is 9.72. The fourth-order valence-corrected chi connectivity index (χ4v) is 4.15. The molecule has 0 saturated heterocycles. The highest BCUT2D eigenvalue weighted by Gasteiger charge is 2.33. The van der Waals surface area contributed by atoms with Crippen molar-refractivity contribution < 1.29 is 14.0 Å². The Bertz CT molecular complexity index is 1400. The number of nitrogens with zero attached hydrogens (tertiary/aromatic N) is 4. The molecule has 0 saturated carbocycles. The van der Waals surface area contributed by atoms with Crippen LogP contribution in [-0.4, -0.2) is 33.4 Å². The van der Waals surface area contributed by atoms with E-state index in [1.54, 1.807) is 19.1 Å². The maximum Gasteiger partial charge on any atom is 0.249 e. The van der Waals surface area contributed by atoms with Crippen molar-refractivity contribution in [2.24, 2.45) is 5.92 Å². The van der Waals surface area contributed by atoms with Crippen molar-refractivity contribution in [3.8, 4) is 0 Å². The molecule has 0 bridgehead atoms. The van der Waals surface area contributed by atoms with Gasteiger partial charge in [0.05, 0.1) is 5.52 Å². The van der Waals surface area contributed by atoms with Crippen molar-refractivity contribution in [1.82, 2.24) is 20.3 Å². The van der Waals surface area contributed by atoms with Gasteiger partial charge in [-0.1, -0.05) is 67.1 Å². The van der Waals surface area contributed by atoms with Gasteiger partial charge in [-0.05, 0) is 61.6 Å². The van der Waals surface area contributed by atoms with E-state index >= 15 is 0 Å². The lowest BCUT2D eigenvalue weighted by Gasteiger charge is -2.32. The molecule has 0 aliphatic heterocycles. The molecule has 0 aliphatic rings. The topological polar surface area (TPSA) is 80.1 Å². The average molecular weight is 502 g/mol. The van der Waals surface area contributed by atoms with Crippen LogP contribution in [0.2, 0.25) is 0 Å². The highest BCUT2D eigenvalue weighted by atomic mass is 19.1. The number of benzene rings is 3. The van der Waals surface area contributed by atoms with Crippen LogP contribution in [0.15, 0.2) is 66.7 Å². The van der Waals surface area contributed by atoms with Crippen molar-refractivity contribution in [2.75, 3.05) is 11.4 Å². The zero-order valence-electron chi connectivity index (χ0n) is 21.6. The Hall–Kier alpha value is -4.07. The minimum Gasteiger partial charge on any atom is -0.354 e. The van der Waals surface area contributed by atoms with Gasteiger partial charge < -0.3 is 5.32 Å². The number of anilines is 1. The van der Waals surface area contributed by atoms with Crippen LogP contribution in [-0.2, 0) is 16.1 Å². The molecule has 7 nitrogen and oxygen atoms in total. The van der Waals surface area contributed by atoms with Crippen molar-refractivity contribution in [3.63, 3.8) is 0 Å². The van der Waals surface area contributed by atoms with E-state index in [4.69, 9.17) is 0 Å².